The summed E-state index contributed by atoms with van der Waals surface area (Å²) in [5.74, 6) is 1.08. The minimum Gasteiger partial charge on any atom is -0.481 e. The first-order valence-electron chi connectivity index (χ1n) is 4.50. The van der Waals surface area contributed by atoms with E-state index < -0.39 is 5.97 Å². The van der Waals surface area contributed by atoms with E-state index in [1.165, 1.54) is 0 Å². The van der Waals surface area contributed by atoms with Gasteiger partial charge in [-0.05, 0) is 0 Å². The smallest absolute Gasteiger partial charge is 0.306 e. The molecule has 76 valence electrons. The van der Waals surface area contributed by atoms with Gasteiger partial charge in [-0.15, -0.1) is 6.42 Å². The minimum absolute atomic E-state index is 0.0780. The topological polar surface area (TPSA) is 57.6 Å². The molecular formula is C10H13NO3. The molecule has 4 nitrogen and oxygen atoms in total. The van der Waals surface area contributed by atoms with Gasteiger partial charge in [-0.1, -0.05) is 12.8 Å². The van der Waals surface area contributed by atoms with Crippen LogP contribution in [0.4, 0.5) is 0 Å². The summed E-state index contributed by atoms with van der Waals surface area (Å²) < 4.78 is 0. The van der Waals surface area contributed by atoms with Crippen molar-refractivity contribution in [2.24, 2.45) is 11.8 Å². The van der Waals surface area contributed by atoms with Crippen LogP contribution in [0.1, 0.15) is 13.3 Å². The number of hydrogen-bond donors (Lipinski definition) is 1. The highest BCUT2D eigenvalue weighted by molar-refractivity contribution is 5.79. The van der Waals surface area contributed by atoms with Crippen molar-refractivity contribution in [3.63, 3.8) is 0 Å². The molecule has 1 aliphatic heterocycles. The van der Waals surface area contributed by atoms with Gasteiger partial charge in [0.2, 0.25) is 5.91 Å². The molecule has 0 aromatic carbocycles. The predicted molar refractivity (Wildman–Crippen MR) is 50.3 cm³/mol. The maximum absolute atomic E-state index is 11.2. The molecule has 1 amide bonds. The lowest BCUT2D eigenvalue weighted by Gasteiger charge is -2.41. The zero-order chi connectivity index (χ0) is 10.7. The van der Waals surface area contributed by atoms with E-state index in [2.05, 4.69) is 5.92 Å². The van der Waals surface area contributed by atoms with E-state index in [-0.39, 0.29) is 24.2 Å². The van der Waals surface area contributed by atoms with Crippen molar-refractivity contribution < 1.29 is 14.7 Å². The molecule has 0 aliphatic carbocycles. The molecule has 0 spiro atoms. The summed E-state index contributed by atoms with van der Waals surface area (Å²) in [4.78, 5) is 23.4. The highest BCUT2D eigenvalue weighted by Gasteiger charge is 2.36. The minimum atomic E-state index is -0.806. The second kappa shape index (κ2) is 4.14. The third-order valence-electron chi connectivity index (χ3n) is 2.61. The van der Waals surface area contributed by atoms with Gasteiger partial charge < -0.3 is 10.0 Å². The van der Waals surface area contributed by atoms with Crippen LogP contribution >= 0.6 is 0 Å². The fourth-order valence-electron chi connectivity index (χ4n) is 1.43. The van der Waals surface area contributed by atoms with Gasteiger partial charge >= 0.3 is 5.97 Å². The molecule has 0 aromatic heterocycles. The maximum Gasteiger partial charge on any atom is 0.306 e. The summed E-state index contributed by atoms with van der Waals surface area (Å²) in [5, 5.41) is 8.71. The largest absolute Gasteiger partial charge is 0.481 e. The van der Waals surface area contributed by atoms with Crippen LogP contribution in [0, 0.1) is 24.2 Å². The third-order valence-corrected chi connectivity index (χ3v) is 2.61. The first-order valence-corrected chi connectivity index (χ1v) is 4.50. The second-order valence-corrected chi connectivity index (χ2v) is 3.57. The SMILES string of the molecule is C#CCC(=O)N1CC(C(C)C(=O)O)C1. The molecule has 14 heavy (non-hydrogen) atoms. The second-order valence-electron chi connectivity index (χ2n) is 3.57. The Morgan fingerprint density at radius 1 is 1.64 bits per heavy atom. The molecule has 4 heteroatoms. The van der Waals surface area contributed by atoms with Crippen LogP contribution in [0.5, 0.6) is 0 Å². The van der Waals surface area contributed by atoms with Crippen LogP contribution in [0.3, 0.4) is 0 Å². The number of likely N-dealkylation sites (tertiary alicyclic amines) is 1. The molecule has 1 saturated heterocycles. The lowest BCUT2D eigenvalue weighted by Crippen LogP contribution is -2.53. The number of nitrogens with zero attached hydrogens (tertiary/aromatic N) is 1. The van der Waals surface area contributed by atoms with Crippen molar-refractivity contribution in [3.05, 3.63) is 0 Å². The number of hydrogen-bond acceptors (Lipinski definition) is 2. The lowest BCUT2D eigenvalue weighted by molar-refractivity contribution is -0.150. The molecular weight excluding hydrogens is 182 g/mol. The van der Waals surface area contributed by atoms with E-state index in [4.69, 9.17) is 11.5 Å². The van der Waals surface area contributed by atoms with Crippen molar-refractivity contribution in [2.75, 3.05) is 13.1 Å². The molecule has 1 heterocycles. The van der Waals surface area contributed by atoms with Gasteiger partial charge in [0.05, 0.1) is 12.3 Å². The predicted octanol–water partition coefficient (Wildman–Crippen LogP) is 0.189. The van der Waals surface area contributed by atoms with Crippen LogP contribution in [0.2, 0.25) is 0 Å². The Bertz CT molecular complexity index is 286. The molecule has 1 atom stereocenters. The Kier molecular flexibility index (Phi) is 3.13. The van der Waals surface area contributed by atoms with Crippen LogP contribution in [0.25, 0.3) is 0 Å². The average molecular weight is 195 g/mol. The molecule has 0 bridgehead atoms. The number of rotatable bonds is 3. The third kappa shape index (κ3) is 2.05. The van der Waals surface area contributed by atoms with Gasteiger partial charge in [0.1, 0.15) is 0 Å². The molecule has 1 N–H and O–H groups in total. The van der Waals surface area contributed by atoms with E-state index in [0.717, 1.165) is 0 Å². The first-order chi connectivity index (χ1) is 6.56. The first kappa shape index (κ1) is 10.6. The van der Waals surface area contributed by atoms with Crippen molar-refractivity contribution in [1.82, 2.24) is 4.90 Å². The summed E-state index contributed by atoms with van der Waals surface area (Å²) in [7, 11) is 0. The van der Waals surface area contributed by atoms with Crippen molar-refractivity contribution >= 4 is 11.9 Å². The Morgan fingerprint density at radius 3 is 2.64 bits per heavy atom. The zero-order valence-corrected chi connectivity index (χ0v) is 8.06. The van der Waals surface area contributed by atoms with E-state index in [0.29, 0.717) is 13.1 Å². The Labute approximate surface area is 82.9 Å². The van der Waals surface area contributed by atoms with Gasteiger partial charge in [-0.25, -0.2) is 0 Å². The monoisotopic (exact) mass is 195 g/mol. The van der Waals surface area contributed by atoms with Crippen molar-refractivity contribution in [2.45, 2.75) is 13.3 Å². The van der Waals surface area contributed by atoms with Crippen LogP contribution in [0.15, 0.2) is 0 Å². The average Bonchev–Trinajstić information content (AvgIpc) is 2.01. The van der Waals surface area contributed by atoms with E-state index in [1.54, 1.807) is 11.8 Å². The number of amides is 1. The quantitative estimate of drug-likeness (QED) is 0.654. The molecule has 1 rings (SSSR count). The van der Waals surface area contributed by atoms with Gasteiger partial charge in [-0.2, -0.15) is 0 Å². The van der Waals surface area contributed by atoms with Crippen LogP contribution in [-0.4, -0.2) is 35.0 Å². The Hall–Kier alpha value is -1.50. The summed E-state index contributed by atoms with van der Waals surface area (Å²) >= 11 is 0. The van der Waals surface area contributed by atoms with Gasteiger partial charge in [-0.3, -0.25) is 9.59 Å². The van der Waals surface area contributed by atoms with Crippen LogP contribution < -0.4 is 0 Å². The Morgan fingerprint density at radius 2 is 2.21 bits per heavy atom. The fraction of sp³-hybridized carbons (Fsp3) is 0.600. The summed E-state index contributed by atoms with van der Waals surface area (Å²) in [6.45, 7) is 2.71. The van der Waals surface area contributed by atoms with E-state index in [1.807, 2.05) is 0 Å². The molecule has 0 radical (unpaired) electrons. The number of carbonyl (C=O) groups excluding carboxylic acids is 1. The number of carboxylic acids is 1. The van der Waals surface area contributed by atoms with E-state index in [9.17, 15) is 9.59 Å². The fourth-order valence-corrected chi connectivity index (χ4v) is 1.43. The maximum atomic E-state index is 11.2. The zero-order valence-electron chi connectivity index (χ0n) is 8.06. The summed E-state index contributed by atoms with van der Waals surface area (Å²) in [5.41, 5.74) is 0. The molecule has 0 saturated carbocycles. The summed E-state index contributed by atoms with van der Waals surface area (Å²) in [6.07, 6.45) is 5.10. The molecule has 1 aliphatic rings. The highest BCUT2D eigenvalue weighted by atomic mass is 16.4. The number of carbonyl (C=O) groups is 2. The standard InChI is InChI=1S/C10H13NO3/c1-3-4-9(12)11-5-8(6-11)7(2)10(13)14/h1,7-8H,4-6H2,2H3,(H,13,14). The summed E-state index contributed by atoms with van der Waals surface area (Å²) in [6, 6.07) is 0. The number of terminal acetylenes is 1. The molecule has 1 fully saturated rings. The van der Waals surface area contributed by atoms with Crippen molar-refractivity contribution in [1.29, 1.82) is 0 Å². The van der Waals surface area contributed by atoms with Gasteiger partial charge in [0.25, 0.3) is 0 Å². The number of aliphatic carboxylic acids is 1. The van der Waals surface area contributed by atoms with Crippen molar-refractivity contribution in [3.8, 4) is 12.3 Å². The normalized spacial score (nSPS) is 18.1. The van der Waals surface area contributed by atoms with Gasteiger partial charge in [0.15, 0.2) is 0 Å². The van der Waals surface area contributed by atoms with Crippen LogP contribution in [-0.2, 0) is 9.59 Å². The highest BCUT2D eigenvalue weighted by Crippen LogP contribution is 2.24. The molecule has 1 unspecified atom stereocenters. The Balaban J connectivity index is 2.34. The van der Waals surface area contributed by atoms with E-state index >= 15 is 0 Å². The number of carboxylic acid groups (broad SMARTS) is 1. The lowest BCUT2D eigenvalue weighted by atomic mass is 9.87. The molecule has 0 aromatic rings. The van der Waals surface area contributed by atoms with Gasteiger partial charge in [0, 0.05) is 19.0 Å².